The third-order valence-corrected chi connectivity index (χ3v) is 3.13. The van der Waals surface area contributed by atoms with Crippen LogP contribution in [-0.2, 0) is 6.42 Å². The van der Waals surface area contributed by atoms with E-state index in [2.05, 4.69) is 5.32 Å². The van der Waals surface area contributed by atoms with Crippen molar-refractivity contribution in [3.8, 4) is 5.75 Å². The molecule has 4 N–H and O–H groups in total. The Balaban J connectivity index is 2.02. The van der Waals surface area contributed by atoms with Crippen molar-refractivity contribution in [2.45, 2.75) is 6.42 Å². The number of nitrogens with one attached hydrogen (secondary N) is 1. The predicted molar refractivity (Wildman–Crippen MR) is 82.6 cm³/mol. The number of hydrogen-bond donors (Lipinski definition) is 3. The van der Waals surface area contributed by atoms with Crippen LogP contribution in [0.2, 0.25) is 0 Å². The summed E-state index contributed by atoms with van der Waals surface area (Å²) in [6, 6.07) is 11.7. The van der Waals surface area contributed by atoms with Gasteiger partial charge in [-0.3, -0.25) is 0 Å². The number of thiocarbonyl (C=S) groups is 1. The fourth-order valence-electron chi connectivity index (χ4n) is 1.93. The van der Waals surface area contributed by atoms with E-state index >= 15 is 0 Å². The van der Waals surface area contributed by atoms with Crippen LogP contribution in [-0.4, -0.2) is 16.6 Å². The van der Waals surface area contributed by atoms with Gasteiger partial charge in [0, 0.05) is 12.2 Å². The van der Waals surface area contributed by atoms with Crippen LogP contribution in [0.25, 0.3) is 0 Å². The zero-order chi connectivity index (χ0) is 14.5. The van der Waals surface area contributed by atoms with Crippen molar-refractivity contribution in [1.29, 1.82) is 0 Å². The summed E-state index contributed by atoms with van der Waals surface area (Å²) in [5.74, 6) is -0.185. The average Bonchev–Trinajstić information content (AvgIpc) is 2.40. The summed E-state index contributed by atoms with van der Waals surface area (Å²) in [6.07, 6.45) is 0.744. The maximum atomic E-state index is 13.7. The number of rotatable bonds is 5. The summed E-state index contributed by atoms with van der Waals surface area (Å²) in [7, 11) is 0. The Bertz CT molecular complexity index is 614. The fourth-order valence-corrected chi connectivity index (χ4v) is 2.13. The molecule has 0 radical (unpaired) electrons. The van der Waals surface area contributed by atoms with Gasteiger partial charge in [-0.2, -0.15) is 0 Å². The first-order valence-corrected chi connectivity index (χ1v) is 6.59. The maximum Gasteiger partial charge on any atom is 0.135 e. The van der Waals surface area contributed by atoms with Crippen molar-refractivity contribution in [1.82, 2.24) is 0 Å². The molecule has 0 heterocycles. The summed E-state index contributed by atoms with van der Waals surface area (Å²) in [6.45, 7) is 0.615. The molecule has 0 bridgehead atoms. The number of hydrogen-bond acceptors (Lipinski definition) is 3. The number of aromatic hydroxyl groups is 1. The lowest BCUT2D eigenvalue weighted by Gasteiger charge is -2.12. The zero-order valence-electron chi connectivity index (χ0n) is 10.8. The van der Waals surface area contributed by atoms with E-state index in [0.29, 0.717) is 12.2 Å². The van der Waals surface area contributed by atoms with Gasteiger partial charge in [-0.25, -0.2) is 4.39 Å². The molecule has 104 valence electrons. The molecule has 0 aliphatic rings. The van der Waals surface area contributed by atoms with Gasteiger partial charge >= 0.3 is 0 Å². The average molecular weight is 290 g/mol. The maximum absolute atomic E-state index is 13.7. The van der Waals surface area contributed by atoms with Crippen LogP contribution in [0.15, 0.2) is 42.5 Å². The van der Waals surface area contributed by atoms with Crippen LogP contribution in [0.5, 0.6) is 5.75 Å². The highest BCUT2D eigenvalue weighted by Gasteiger charge is 2.10. The highest BCUT2D eigenvalue weighted by molar-refractivity contribution is 7.80. The number of anilines is 1. The molecule has 0 spiro atoms. The van der Waals surface area contributed by atoms with E-state index < -0.39 is 5.82 Å². The second-order valence-electron chi connectivity index (χ2n) is 4.37. The fraction of sp³-hybridized carbons (Fsp3) is 0.133. The molecule has 0 saturated carbocycles. The number of phenolic OH excluding ortho intramolecular Hbond substituents is 1. The highest BCUT2D eigenvalue weighted by atomic mass is 32.1. The van der Waals surface area contributed by atoms with E-state index in [1.54, 1.807) is 24.3 Å². The molecule has 2 aromatic rings. The van der Waals surface area contributed by atoms with Crippen molar-refractivity contribution < 1.29 is 9.50 Å². The molecule has 2 aromatic carbocycles. The Morgan fingerprint density at radius 1 is 1.20 bits per heavy atom. The molecule has 0 amide bonds. The molecule has 3 nitrogen and oxygen atoms in total. The normalized spacial score (nSPS) is 10.2. The quantitative estimate of drug-likeness (QED) is 0.741. The van der Waals surface area contributed by atoms with Crippen molar-refractivity contribution >= 4 is 22.9 Å². The Labute approximate surface area is 122 Å². The third-order valence-electron chi connectivity index (χ3n) is 2.93. The van der Waals surface area contributed by atoms with E-state index in [4.69, 9.17) is 18.0 Å². The molecular formula is C15H15FN2OS. The van der Waals surface area contributed by atoms with Gasteiger partial charge in [-0.15, -0.1) is 0 Å². The SMILES string of the molecule is NC(=S)c1c(F)cccc1NCCc1ccc(O)cc1. The van der Waals surface area contributed by atoms with Gasteiger partial charge in [-0.1, -0.05) is 30.4 Å². The summed E-state index contributed by atoms with van der Waals surface area (Å²) in [5, 5.41) is 12.3. The van der Waals surface area contributed by atoms with Gasteiger partial charge in [0.05, 0.1) is 5.56 Å². The van der Waals surface area contributed by atoms with Crippen molar-refractivity contribution in [3.63, 3.8) is 0 Å². The van der Waals surface area contributed by atoms with Crippen LogP contribution >= 0.6 is 12.2 Å². The Hall–Kier alpha value is -2.14. The highest BCUT2D eigenvalue weighted by Crippen LogP contribution is 2.19. The molecule has 0 aliphatic carbocycles. The van der Waals surface area contributed by atoms with Gasteiger partial charge in [0.2, 0.25) is 0 Å². The third kappa shape index (κ3) is 3.45. The predicted octanol–water partition coefficient (Wildman–Crippen LogP) is 2.82. The summed E-state index contributed by atoms with van der Waals surface area (Å²) in [4.78, 5) is 0.0373. The van der Waals surface area contributed by atoms with E-state index in [0.717, 1.165) is 12.0 Å². The number of halogens is 1. The van der Waals surface area contributed by atoms with Crippen LogP contribution in [0.4, 0.5) is 10.1 Å². The second kappa shape index (κ2) is 6.34. The smallest absolute Gasteiger partial charge is 0.135 e. The van der Waals surface area contributed by atoms with Gasteiger partial charge in [-0.05, 0) is 36.2 Å². The molecule has 20 heavy (non-hydrogen) atoms. The van der Waals surface area contributed by atoms with Crippen LogP contribution in [0.3, 0.4) is 0 Å². The van der Waals surface area contributed by atoms with Crippen molar-refractivity contribution in [2.24, 2.45) is 5.73 Å². The lowest BCUT2D eigenvalue weighted by molar-refractivity contribution is 0.475. The van der Waals surface area contributed by atoms with Gasteiger partial charge in [0.15, 0.2) is 0 Å². The minimum absolute atomic E-state index is 0.0373. The van der Waals surface area contributed by atoms with Crippen LogP contribution in [0.1, 0.15) is 11.1 Å². The lowest BCUT2D eigenvalue weighted by Crippen LogP contribution is -2.16. The molecule has 0 atom stereocenters. The first kappa shape index (κ1) is 14.3. The van der Waals surface area contributed by atoms with E-state index in [-0.39, 0.29) is 16.3 Å². The molecule has 0 aliphatic heterocycles. The minimum atomic E-state index is -0.424. The first-order valence-electron chi connectivity index (χ1n) is 6.18. The van der Waals surface area contributed by atoms with Crippen LogP contribution < -0.4 is 11.1 Å². The van der Waals surface area contributed by atoms with Gasteiger partial charge in [0.25, 0.3) is 0 Å². The first-order chi connectivity index (χ1) is 9.58. The summed E-state index contributed by atoms with van der Waals surface area (Å²) >= 11 is 4.87. The number of benzene rings is 2. The van der Waals surface area contributed by atoms with E-state index in [1.807, 2.05) is 12.1 Å². The van der Waals surface area contributed by atoms with Crippen molar-refractivity contribution in [2.75, 3.05) is 11.9 Å². The molecule has 0 unspecified atom stereocenters. The summed E-state index contributed by atoms with van der Waals surface area (Å²) < 4.78 is 13.7. The Kier molecular flexibility index (Phi) is 4.53. The molecule has 5 heteroatoms. The largest absolute Gasteiger partial charge is 0.508 e. The summed E-state index contributed by atoms with van der Waals surface area (Å²) in [5.41, 5.74) is 7.45. The van der Waals surface area contributed by atoms with E-state index in [9.17, 15) is 9.50 Å². The zero-order valence-corrected chi connectivity index (χ0v) is 11.6. The molecule has 0 fully saturated rings. The monoisotopic (exact) mass is 290 g/mol. The van der Waals surface area contributed by atoms with Gasteiger partial charge in [0.1, 0.15) is 16.6 Å². The van der Waals surface area contributed by atoms with Gasteiger partial charge < -0.3 is 16.2 Å². The Morgan fingerprint density at radius 2 is 1.90 bits per heavy atom. The van der Waals surface area contributed by atoms with Crippen molar-refractivity contribution in [3.05, 3.63) is 59.4 Å². The lowest BCUT2D eigenvalue weighted by atomic mass is 10.1. The molecular weight excluding hydrogens is 275 g/mol. The standard InChI is InChI=1S/C15H15FN2OS/c16-12-2-1-3-13(14(12)15(17)20)18-9-8-10-4-6-11(19)7-5-10/h1-7,18-19H,8-9H2,(H2,17,20). The van der Waals surface area contributed by atoms with Crippen LogP contribution in [0, 0.1) is 5.82 Å². The number of nitrogens with two attached hydrogens (primary N) is 1. The molecule has 0 saturated heterocycles. The number of phenols is 1. The molecule has 0 aromatic heterocycles. The Morgan fingerprint density at radius 3 is 2.55 bits per heavy atom. The molecule has 2 rings (SSSR count). The minimum Gasteiger partial charge on any atom is -0.508 e. The van der Waals surface area contributed by atoms with E-state index in [1.165, 1.54) is 6.07 Å². The second-order valence-corrected chi connectivity index (χ2v) is 4.81. The topological polar surface area (TPSA) is 58.3 Å².